The maximum Gasteiger partial charge on any atom is 0.236 e. The van der Waals surface area contributed by atoms with Crippen molar-refractivity contribution in [1.82, 2.24) is 19.7 Å². The van der Waals surface area contributed by atoms with Gasteiger partial charge in [0.15, 0.2) is 5.13 Å². The van der Waals surface area contributed by atoms with E-state index in [4.69, 9.17) is 5.73 Å². The molecule has 3 rings (SSSR count). The highest BCUT2D eigenvalue weighted by atomic mass is 32.1. The molecular weight excluding hydrogens is 286 g/mol. The summed E-state index contributed by atoms with van der Waals surface area (Å²) in [6.07, 6.45) is 4.32. The second-order valence-corrected chi connectivity index (χ2v) is 6.95. The summed E-state index contributed by atoms with van der Waals surface area (Å²) in [5.41, 5.74) is 5.65. The largest absolute Gasteiger partial charge is 0.375 e. The molecule has 0 aromatic carbocycles. The Morgan fingerprint density at radius 2 is 1.86 bits per heavy atom. The quantitative estimate of drug-likeness (QED) is 0.875. The lowest BCUT2D eigenvalue weighted by Crippen LogP contribution is -2.50. The maximum atomic E-state index is 12.3. The zero-order valence-electron chi connectivity index (χ0n) is 12.3. The first-order valence-electron chi connectivity index (χ1n) is 7.63. The van der Waals surface area contributed by atoms with E-state index in [2.05, 4.69) is 14.8 Å². The molecule has 2 saturated heterocycles. The van der Waals surface area contributed by atoms with E-state index in [0.717, 1.165) is 45.8 Å². The predicted molar refractivity (Wildman–Crippen MR) is 84.1 cm³/mol. The van der Waals surface area contributed by atoms with E-state index >= 15 is 0 Å². The van der Waals surface area contributed by atoms with Gasteiger partial charge >= 0.3 is 0 Å². The number of hydrogen-bond donors (Lipinski definition) is 1. The summed E-state index contributed by atoms with van der Waals surface area (Å²) in [5.74, 6) is 0.290. The fraction of sp³-hybridized carbons (Fsp3) is 0.714. The summed E-state index contributed by atoms with van der Waals surface area (Å²) in [6.45, 7) is 7.19. The molecule has 0 unspecified atom stereocenters. The average Bonchev–Trinajstić information content (AvgIpc) is 3.12. The number of hydrogen-bond acceptors (Lipinski definition) is 6. The summed E-state index contributed by atoms with van der Waals surface area (Å²) >= 11 is 1.55. The number of rotatable bonds is 4. The van der Waals surface area contributed by atoms with E-state index in [0.29, 0.717) is 17.6 Å². The van der Waals surface area contributed by atoms with Crippen molar-refractivity contribution in [1.29, 1.82) is 0 Å². The molecule has 6 nitrogen and oxygen atoms in total. The van der Waals surface area contributed by atoms with Gasteiger partial charge in [-0.3, -0.25) is 14.6 Å². The zero-order valence-corrected chi connectivity index (χ0v) is 13.1. The maximum absolute atomic E-state index is 12.3. The Balaban J connectivity index is 1.42. The fourth-order valence-corrected chi connectivity index (χ4v) is 3.73. The first-order chi connectivity index (χ1) is 10.2. The van der Waals surface area contributed by atoms with Crippen LogP contribution in [0.4, 0.5) is 5.13 Å². The minimum Gasteiger partial charge on any atom is -0.375 e. The molecule has 3 heterocycles. The summed E-state index contributed by atoms with van der Waals surface area (Å²) in [6, 6.07) is 0. The topological polar surface area (TPSA) is 65.7 Å². The van der Waals surface area contributed by atoms with Crippen LogP contribution in [-0.2, 0) is 11.3 Å². The molecular formula is C14H23N5OS. The van der Waals surface area contributed by atoms with E-state index in [1.54, 1.807) is 11.3 Å². The van der Waals surface area contributed by atoms with Crippen molar-refractivity contribution < 1.29 is 4.79 Å². The molecule has 7 heteroatoms. The van der Waals surface area contributed by atoms with Gasteiger partial charge < -0.3 is 10.6 Å². The van der Waals surface area contributed by atoms with E-state index in [1.165, 1.54) is 17.7 Å². The van der Waals surface area contributed by atoms with Crippen LogP contribution in [0, 0.1) is 0 Å². The van der Waals surface area contributed by atoms with Gasteiger partial charge in [-0.25, -0.2) is 4.98 Å². The second-order valence-electron chi connectivity index (χ2n) is 5.81. The summed E-state index contributed by atoms with van der Waals surface area (Å²) in [5, 5.41) is 0.629. The molecule has 0 radical (unpaired) electrons. The van der Waals surface area contributed by atoms with Gasteiger partial charge in [-0.1, -0.05) is 0 Å². The van der Waals surface area contributed by atoms with Crippen LogP contribution in [0.5, 0.6) is 0 Å². The van der Waals surface area contributed by atoms with Crippen LogP contribution in [0.1, 0.15) is 17.7 Å². The van der Waals surface area contributed by atoms with Crippen LogP contribution >= 0.6 is 11.3 Å². The third kappa shape index (κ3) is 3.93. The van der Waals surface area contributed by atoms with Gasteiger partial charge in [0.2, 0.25) is 5.91 Å². The lowest BCUT2D eigenvalue weighted by molar-refractivity contribution is -0.134. The number of nitrogens with zero attached hydrogens (tertiary/aromatic N) is 4. The Hall–Kier alpha value is -1.18. The minimum absolute atomic E-state index is 0.290. The number of carbonyl (C=O) groups excluding carboxylic acids is 1. The number of piperazine rings is 1. The Labute approximate surface area is 129 Å². The van der Waals surface area contributed by atoms with Crippen LogP contribution < -0.4 is 5.73 Å². The van der Waals surface area contributed by atoms with Crippen molar-refractivity contribution in [3.8, 4) is 0 Å². The van der Waals surface area contributed by atoms with Gasteiger partial charge in [-0.15, -0.1) is 11.3 Å². The van der Waals surface area contributed by atoms with Crippen molar-refractivity contribution in [2.75, 3.05) is 51.5 Å². The highest BCUT2D eigenvalue weighted by molar-refractivity contribution is 7.15. The Bertz CT molecular complexity index is 477. The average molecular weight is 309 g/mol. The summed E-state index contributed by atoms with van der Waals surface area (Å²) in [7, 11) is 0. The van der Waals surface area contributed by atoms with Crippen LogP contribution in [0.15, 0.2) is 6.20 Å². The molecule has 0 bridgehead atoms. The fourth-order valence-electron chi connectivity index (χ4n) is 3.00. The molecule has 0 spiro atoms. The van der Waals surface area contributed by atoms with Crippen LogP contribution in [0.3, 0.4) is 0 Å². The van der Waals surface area contributed by atoms with Crippen molar-refractivity contribution in [3.05, 3.63) is 11.1 Å². The molecule has 2 aliphatic rings. The van der Waals surface area contributed by atoms with Gasteiger partial charge in [-0.2, -0.15) is 0 Å². The Morgan fingerprint density at radius 1 is 1.14 bits per heavy atom. The predicted octanol–water partition coefficient (Wildman–Crippen LogP) is 0.465. The number of anilines is 1. The molecule has 0 aliphatic carbocycles. The standard InChI is InChI=1S/C14H23N5OS/c15-14-16-9-12(21-14)10-18-5-7-19(8-6-18)13(20)11-17-3-1-2-4-17/h9H,1-8,10-11H2,(H2,15,16). The molecule has 0 atom stereocenters. The molecule has 1 aromatic rings. The van der Waals surface area contributed by atoms with Crippen molar-refractivity contribution >= 4 is 22.4 Å². The van der Waals surface area contributed by atoms with Crippen molar-refractivity contribution in [2.45, 2.75) is 19.4 Å². The lowest BCUT2D eigenvalue weighted by atomic mass is 10.3. The van der Waals surface area contributed by atoms with Gasteiger partial charge in [0.25, 0.3) is 0 Å². The molecule has 1 amide bonds. The molecule has 2 N–H and O–H groups in total. The van der Waals surface area contributed by atoms with Gasteiger partial charge in [0.05, 0.1) is 6.54 Å². The molecule has 21 heavy (non-hydrogen) atoms. The highest BCUT2D eigenvalue weighted by Crippen LogP contribution is 2.17. The van der Waals surface area contributed by atoms with Crippen LogP contribution in [0.25, 0.3) is 0 Å². The number of likely N-dealkylation sites (tertiary alicyclic amines) is 1. The normalized spacial score (nSPS) is 21.0. The van der Waals surface area contributed by atoms with Crippen molar-refractivity contribution in [2.24, 2.45) is 0 Å². The molecule has 2 aliphatic heterocycles. The summed E-state index contributed by atoms with van der Waals surface area (Å²) < 4.78 is 0. The van der Waals surface area contributed by atoms with Gasteiger partial charge in [0.1, 0.15) is 0 Å². The molecule has 0 saturated carbocycles. The van der Waals surface area contributed by atoms with E-state index in [9.17, 15) is 4.79 Å². The number of aromatic nitrogens is 1. The Kier molecular flexibility index (Phi) is 4.72. The number of carbonyl (C=O) groups is 1. The summed E-state index contributed by atoms with van der Waals surface area (Å²) in [4.78, 5) is 24.2. The van der Waals surface area contributed by atoms with Crippen molar-refractivity contribution in [3.63, 3.8) is 0 Å². The highest BCUT2D eigenvalue weighted by Gasteiger charge is 2.24. The van der Waals surface area contributed by atoms with E-state index < -0.39 is 0 Å². The number of amides is 1. The minimum atomic E-state index is 0.290. The van der Waals surface area contributed by atoms with E-state index in [1.807, 2.05) is 11.1 Å². The monoisotopic (exact) mass is 309 g/mol. The molecule has 1 aromatic heterocycles. The first kappa shape index (κ1) is 14.7. The second kappa shape index (κ2) is 6.72. The van der Waals surface area contributed by atoms with Gasteiger partial charge in [0, 0.05) is 43.8 Å². The van der Waals surface area contributed by atoms with Gasteiger partial charge in [-0.05, 0) is 25.9 Å². The smallest absolute Gasteiger partial charge is 0.236 e. The number of thiazole rings is 1. The number of nitrogen functional groups attached to an aromatic ring is 1. The third-order valence-electron chi connectivity index (χ3n) is 4.23. The van der Waals surface area contributed by atoms with E-state index in [-0.39, 0.29) is 0 Å². The number of nitrogens with two attached hydrogens (primary N) is 1. The SMILES string of the molecule is Nc1ncc(CN2CCN(C(=O)CN3CCCC3)CC2)s1. The van der Waals surface area contributed by atoms with Crippen LogP contribution in [-0.4, -0.2) is 71.4 Å². The lowest BCUT2D eigenvalue weighted by Gasteiger charge is -2.35. The first-order valence-corrected chi connectivity index (χ1v) is 8.45. The third-order valence-corrected chi connectivity index (χ3v) is 5.04. The molecule has 2 fully saturated rings. The Morgan fingerprint density at radius 3 is 2.48 bits per heavy atom. The van der Waals surface area contributed by atoms with Crippen LogP contribution in [0.2, 0.25) is 0 Å². The molecule has 116 valence electrons. The zero-order chi connectivity index (χ0) is 14.7.